The Hall–Kier alpha value is -2.21. The molecule has 0 amide bonds. The van der Waals surface area contributed by atoms with Gasteiger partial charge in [0.15, 0.2) is 0 Å². The summed E-state index contributed by atoms with van der Waals surface area (Å²) in [5.41, 5.74) is 5.36. The van der Waals surface area contributed by atoms with Crippen LogP contribution in [-0.2, 0) is 30.9 Å². The van der Waals surface area contributed by atoms with Crippen LogP contribution < -0.4 is 21.9 Å². The molecule has 0 N–H and O–H groups in total. The number of hydrogen-bond acceptors (Lipinski definition) is 1. The van der Waals surface area contributed by atoms with Gasteiger partial charge in [0.25, 0.3) is 0 Å². The van der Waals surface area contributed by atoms with E-state index in [-0.39, 0.29) is 33.6 Å². The molecule has 0 spiro atoms. The molecule has 1 heterocycles. The molecule has 0 aromatic heterocycles. The van der Waals surface area contributed by atoms with Crippen molar-refractivity contribution >= 4 is 28.0 Å². The van der Waals surface area contributed by atoms with E-state index in [0.29, 0.717) is 0 Å². The van der Waals surface area contributed by atoms with E-state index in [9.17, 15) is 0 Å². The van der Waals surface area contributed by atoms with Crippen molar-refractivity contribution in [1.29, 1.82) is 0 Å². The maximum atomic E-state index is 4.94. The second-order valence-electron chi connectivity index (χ2n) is 9.75. The molecular formula is C39H41BOZr. The minimum Gasteiger partial charge on any atom is -0.381 e. The van der Waals surface area contributed by atoms with Crippen molar-refractivity contribution in [2.24, 2.45) is 0 Å². The molecule has 1 saturated heterocycles. The average molecular weight is 628 g/mol. The first-order valence-corrected chi connectivity index (χ1v) is 14.2. The molecule has 0 bridgehead atoms. The van der Waals surface area contributed by atoms with Gasteiger partial charge in [-0.05, 0) is 77.0 Å². The fourth-order valence-electron chi connectivity index (χ4n) is 5.27. The topological polar surface area (TPSA) is 9.23 Å². The first kappa shape index (κ1) is 36.0. The molecule has 3 heteroatoms. The Bertz CT molecular complexity index is 946. The van der Waals surface area contributed by atoms with Gasteiger partial charge in [0.05, 0.1) is 0 Å². The largest absolute Gasteiger partial charge is 2.00 e. The van der Waals surface area contributed by atoms with Gasteiger partial charge in [-0.25, -0.2) is 0 Å². The number of benzene rings is 4. The zero-order valence-corrected chi connectivity index (χ0v) is 27.1. The molecule has 210 valence electrons. The number of ether oxygens (including phenoxy) is 1. The number of rotatable bonds is 4. The molecule has 0 unspecified atom stereocenters. The van der Waals surface area contributed by atoms with Crippen molar-refractivity contribution in [3.05, 3.63) is 193 Å². The van der Waals surface area contributed by atoms with Crippen LogP contribution in [0.1, 0.15) is 12.8 Å². The third-order valence-corrected chi connectivity index (χ3v) is 7.14. The molecule has 2 saturated carbocycles. The van der Waals surface area contributed by atoms with E-state index in [4.69, 9.17) is 4.74 Å². The molecule has 4 aromatic carbocycles. The Morgan fingerprint density at radius 3 is 0.738 bits per heavy atom. The number of hydrogen-bond donors (Lipinski definition) is 0. The summed E-state index contributed by atoms with van der Waals surface area (Å²) in [4.78, 5) is 0. The smallest absolute Gasteiger partial charge is 0.381 e. The van der Waals surface area contributed by atoms with E-state index in [1.54, 1.807) is 0 Å². The van der Waals surface area contributed by atoms with Crippen LogP contribution in [0.4, 0.5) is 0 Å². The summed E-state index contributed by atoms with van der Waals surface area (Å²) in [6.45, 7) is 2.00. The quantitative estimate of drug-likeness (QED) is 0.189. The summed E-state index contributed by atoms with van der Waals surface area (Å²) in [6, 6.07) is 43.5. The van der Waals surface area contributed by atoms with Gasteiger partial charge in [-0.15, -0.1) is 0 Å². The van der Waals surface area contributed by atoms with Crippen molar-refractivity contribution in [3.8, 4) is 0 Å². The van der Waals surface area contributed by atoms with E-state index >= 15 is 0 Å². The van der Waals surface area contributed by atoms with Crippen molar-refractivity contribution in [2.45, 2.75) is 12.8 Å². The summed E-state index contributed by atoms with van der Waals surface area (Å²) in [5.74, 6) is 0. The fraction of sp³-hybridized carbons (Fsp3) is 0.103. The molecule has 2 aliphatic carbocycles. The van der Waals surface area contributed by atoms with Gasteiger partial charge < -0.3 is 12.2 Å². The average Bonchev–Trinajstić information content (AvgIpc) is 3.88. The van der Waals surface area contributed by atoms with Crippen molar-refractivity contribution < 1.29 is 30.9 Å². The van der Waals surface area contributed by atoms with Crippen molar-refractivity contribution in [3.63, 3.8) is 0 Å². The fourth-order valence-corrected chi connectivity index (χ4v) is 5.27. The van der Waals surface area contributed by atoms with Gasteiger partial charge in [0.1, 0.15) is 6.15 Å². The molecule has 0 atom stereocenters. The molecular weight excluding hydrogens is 586 g/mol. The Labute approximate surface area is 276 Å². The Balaban J connectivity index is 0.000000294. The van der Waals surface area contributed by atoms with Gasteiger partial charge in [-0.3, -0.25) is 0 Å². The Kier molecular flexibility index (Phi) is 18.4. The van der Waals surface area contributed by atoms with Gasteiger partial charge in [-0.1, -0.05) is 121 Å². The molecule has 3 fully saturated rings. The van der Waals surface area contributed by atoms with E-state index in [2.05, 4.69) is 121 Å². The molecule has 4 aromatic rings. The van der Waals surface area contributed by atoms with Gasteiger partial charge >= 0.3 is 26.2 Å². The first-order valence-electron chi connectivity index (χ1n) is 14.2. The third-order valence-electron chi connectivity index (χ3n) is 7.14. The monoisotopic (exact) mass is 626 g/mol. The SMILES string of the molecule is C1CCOC1.[CH3-].[CH]1[CH][CH][CH][CH]1.[CH]1[CH][CH][CH][CH]1.[Zr+2].c1ccc([B-](c2ccccc2)(c2ccccc2)c2ccccc2)cc1. The predicted molar refractivity (Wildman–Crippen MR) is 180 cm³/mol. The van der Waals surface area contributed by atoms with Crippen LogP contribution >= 0.6 is 0 Å². The summed E-state index contributed by atoms with van der Waals surface area (Å²) < 4.78 is 4.94. The maximum absolute atomic E-state index is 4.94. The molecule has 10 radical (unpaired) electrons. The van der Waals surface area contributed by atoms with Crippen LogP contribution in [0.15, 0.2) is 121 Å². The van der Waals surface area contributed by atoms with Crippen molar-refractivity contribution in [2.75, 3.05) is 13.2 Å². The second kappa shape index (κ2) is 21.5. The molecule has 1 nitrogen and oxygen atoms in total. The minimum atomic E-state index is -1.22. The van der Waals surface area contributed by atoms with E-state index < -0.39 is 6.15 Å². The van der Waals surface area contributed by atoms with Crippen LogP contribution in [0.25, 0.3) is 0 Å². The van der Waals surface area contributed by atoms with E-state index in [1.165, 1.54) is 34.7 Å². The van der Waals surface area contributed by atoms with Gasteiger partial charge in [0.2, 0.25) is 0 Å². The minimum absolute atomic E-state index is 0. The summed E-state index contributed by atoms with van der Waals surface area (Å²) in [5, 5.41) is 0. The zero-order valence-electron chi connectivity index (χ0n) is 24.6. The Morgan fingerprint density at radius 1 is 0.357 bits per heavy atom. The maximum Gasteiger partial charge on any atom is 2.00 e. The van der Waals surface area contributed by atoms with Crippen LogP contribution in [0.5, 0.6) is 0 Å². The predicted octanol–water partition coefficient (Wildman–Crippen LogP) is 6.35. The van der Waals surface area contributed by atoms with Gasteiger partial charge in [0, 0.05) is 13.2 Å². The normalized spacial score (nSPS) is 15.2. The van der Waals surface area contributed by atoms with E-state index in [0.717, 1.165) is 13.2 Å². The standard InChI is InChI=1S/C24H20B.2C5H5.C4H8O.CH3.Zr/c1-5-13-21(14-6-1)25(22-15-7-2-8-16-22,23-17-9-3-10-18-23)24-19-11-4-12-20-24;3*1-2-4-5-3-1;;/h1-20H;2*1-5H;1-4H2;1H3;/q-1;;;;-1;+2. The van der Waals surface area contributed by atoms with Gasteiger partial charge in [-0.2, -0.15) is 21.9 Å². The van der Waals surface area contributed by atoms with Crippen LogP contribution in [-0.4, -0.2) is 19.4 Å². The summed E-state index contributed by atoms with van der Waals surface area (Å²) in [6.07, 6.45) is 21.3. The van der Waals surface area contributed by atoms with Crippen LogP contribution in [0.3, 0.4) is 0 Å². The van der Waals surface area contributed by atoms with Crippen LogP contribution in [0, 0.1) is 71.6 Å². The van der Waals surface area contributed by atoms with Crippen LogP contribution in [0.2, 0.25) is 0 Å². The first-order chi connectivity index (χ1) is 19.9. The molecule has 1 aliphatic heterocycles. The molecule has 7 rings (SSSR count). The molecule has 3 aliphatic rings. The second-order valence-corrected chi connectivity index (χ2v) is 9.75. The van der Waals surface area contributed by atoms with E-state index in [1.807, 2.05) is 64.2 Å². The summed E-state index contributed by atoms with van der Waals surface area (Å²) in [7, 11) is 0. The van der Waals surface area contributed by atoms with Crippen molar-refractivity contribution in [1.82, 2.24) is 0 Å². The molecule has 42 heavy (non-hydrogen) atoms. The Morgan fingerprint density at radius 2 is 0.571 bits per heavy atom. The zero-order chi connectivity index (χ0) is 27.6. The third kappa shape index (κ3) is 10.8. The summed E-state index contributed by atoms with van der Waals surface area (Å²) >= 11 is 0.